The number of nitrogens with one attached hydrogen (secondary N) is 2. The standard InChI is InChI=1S/C18H18N4O.C2H4O2/c19-12-14-3-1-2-13(10-14)11-17(22-18-20-8-9-21-18)15-4-6-16(23)7-5-15;1-2(3)4/h1-7,10,17,23H,8-9,11H2,(H2,20,21,22);1H3,(H,3,4). The number of benzene rings is 2. The van der Waals surface area contributed by atoms with Gasteiger partial charge < -0.3 is 20.8 Å². The Balaban J connectivity index is 0.000000596. The van der Waals surface area contributed by atoms with Gasteiger partial charge in [-0.1, -0.05) is 24.3 Å². The molecule has 7 nitrogen and oxygen atoms in total. The molecule has 0 saturated heterocycles. The van der Waals surface area contributed by atoms with Crippen molar-refractivity contribution in [2.45, 2.75) is 19.4 Å². The summed E-state index contributed by atoms with van der Waals surface area (Å²) in [6, 6.07) is 17.0. The Labute approximate surface area is 158 Å². The van der Waals surface area contributed by atoms with Gasteiger partial charge in [-0.05, 0) is 41.8 Å². The summed E-state index contributed by atoms with van der Waals surface area (Å²) in [7, 11) is 0. The Morgan fingerprint density at radius 1 is 1.33 bits per heavy atom. The number of hydrogen-bond acceptors (Lipinski definition) is 6. The molecule has 140 valence electrons. The average Bonchev–Trinajstić information content (AvgIpc) is 3.15. The van der Waals surface area contributed by atoms with E-state index < -0.39 is 5.97 Å². The van der Waals surface area contributed by atoms with Gasteiger partial charge in [0.05, 0.1) is 24.2 Å². The molecule has 0 saturated carbocycles. The lowest BCUT2D eigenvalue weighted by Crippen LogP contribution is -2.37. The topological polar surface area (TPSA) is 118 Å². The van der Waals surface area contributed by atoms with Crippen LogP contribution in [0.5, 0.6) is 5.75 Å². The molecule has 0 aromatic heterocycles. The van der Waals surface area contributed by atoms with E-state index in [0.29, 0.717) is 5.56 Å². The van der Waals surface area contributed by atoms with E-state index in [1.807, 2.05) is 30.3 Å². The number of nitrogens with zero attached hydrogens (tertiary/aromatic N) is 2. The number of carboxylic acid groups (broad SMARTS) is 1. The van der Waals surface area contributed by atoms with Gasteiger partial charge in [-0.2, -0.15) is 5.26 Å². The fraction of sp³-hybridized carbons (Fsp3) is 0.250. The van der Waals surface area contributed by atoms with Crippen LogP contribution in [0.2, 0.25) is 0 Å². The van der Waals surface area contributed by atoms with Crippen LogP contribution in [-0.4, -0.2) is 35.2 Å². The molecule has 0 amide bonds. The van der Waals surface area contributed by atoms with Crippen molar-refractivity contribution in [2.24, 2.45) is 4.99 Å². The molecule has 0 bridgehead atoms. The Hall–Kier alpha value is -3.53. The lowest BCUT2D eigenvalue weighted by atomic mass is 9.98. The monoisotopic (exact) mass is 366 g/mol. The number of aromatic hydroxyl groups is 1. The minimum absolute atomic E-state index is 0.00823. The summed E-state index contributed by atoms with van der Waals surface area (Å²) in [5.74, 6) is 0.204. The third kappa shape index (κ3) is 6.71. The van der Waals surface area contributed by atoms with E-state index in [1.54, 1.807) is 18.2 Å². The first-order chi connectivity index (χ1) is 13.0. The Kier molecular flexibility index (Phi) is 7.20. The van der Waals surface area contributed by atoms with Crippen LogP contribution in [0.1, 0.15) is 29.7 Å². The predicted octanol–water partition coefficient (Wildman–Crippen LogP) is 2.19. The fourth-order valence-electron chi connectivity index (χ4n) is 2.62. The molecular weight excluding hydrogens is 344 g/mol. The molecule has 27 heavy (non-hydrogen) atoms. The molecule has 7 heteroatoms. The normalized spacial score (nSPS) is 13.3. The van der Waals surface area contributed by atoms with Crippen molar-refractivity contribution in [2.75, 3.05) is 13.1 Å². The largest absolute Gasteiger partial charge is 0.508 e. The molecule has 3 rings (SSSR count). The van der Waals surface area contributed by atoms with E-state index in [4.69, 9.17) is 15.2 Å². The lowest BCUT2D eigenvalue weighted by Gasteiger charge is -2.21. The molecule has 2 aromatic rings. The first-order valence-electron chi connectivity index (χ1n) is 8.50. The molecule has 1 heterocycles. The molecule has 1 unspecified atom stereocenters. The third-order valence-electron chi connectivity index (χ3n) is 3.78. The highest BCUT2D eigenvalue weighted by Gasteiger charge is 2.16. The van der Waals surface area contributed by atoms with Crippen LogP contribution in [0.25, 0.3) is 0 Å². The zero-order valence-electron chi connectivity index (χ0n) is 15.0. The number of nitriles is 1. The van der Waals surface area contributed by atoms with E-state index in [2.05, 4.69) is 21.7 Å². The molecule has 1 aliphatic rings. The van der Waals surface area contributed by atoms with Crippen molar-refractivity contribution in [1.29, 1.82) is 5.26 Å². The first kappa shape index (κ1) is 19.8. The summed E-state index contributed by atoms with van der Waals surface area (Å²) in [5, 5.41) is 32.6. The van der Waals surface area contributed by atoms with Crippen molar-refractivity contribution < 1.29 is 15.0 Å². The summed E-state index contributed by atoms with van der Waals surface area (Å²) in [6.45, 7) is 2.70. The van der Waals surface area contributed by atoms with E-state index in [1.165, 1.54) is 0 Å². The minimum Gasteiger partial charge on any atom is -0.508 e. The summed E-state index contributed by atoms with van der Waals surface area (Å²) in [6.07, 6.45) is 0.723. The number of hydrogen-bond donors (Lipinski definition) is 4. The van der Waals surface area contributed by atoms with E-state index >= 15 is 0 Å². The van der Waals surface area contributed by atoms with Crippen molar-refractivity contribution in [1.82, 2.24) is 10.6 Å². The number of phenolic OH excluding ortho intramolecular Hbond substituents is 1. The van der Waals surface area contributed by atoms with Gasteiger partial charge in [0.15, 0.2) is 5.96 Å². The van der Waals surface area contributed by atoms with Crippen molar-refractivity contribution in [3.63, 3.8) is 0 Å². The summed E-state index contributed by atoms with van der Waals surface area (Å²) >= 11 is 0. The van der Waals surface area contributed by atoms with Crippen molar-refractivity contribution in [3.8, 4) is 11.8 Å². The van der Waals surface area contributed by atoms with Gasteiger partial charge in [-0.3, -0.25) is 9.79 Å². The second kappa shape index (κ2) is 9.82. The predicted molar refractivity (Wildman–Crippen MR) is 102 cm³/mol. The molecule has 1 aliphatic heterocycles. The Bertz CT molecular complexity index is 837. The maximum Gasteiger partial charge on any atom is 0.300 e. The van der Waals surface area contributed by atoms with Crippen LogP contribution in [0.15, 0.2) is 53.5 Å². The molecule has 1 atom stereocenters. The van der Waals surface area contributed by atoms with Crippen LogP contribution < -0.4 is 10.6 Å². The van der Waals surface area contributed by atoms with Gasteiger partial charge in [0, 0.05) is 13.5 Å². The lowest BCUT2D eigenvalue weighted by molar-refractivity contribution is -0.134. The minimum atomic E-state index is -0.833. The number of carboxylic acids is 1. The highest BCUT2D eigenvalue weighted by atomic mass is 16.4. The molecule has 0 aliphatic carbocycles. The molecular formula is C20H22N4O3. The number of carbonyl (C=O) groups is 1. The maximum absolute atomic E-state index is 9.49. The van der Waals surface area contributed by atoms with Crippen molar-refractivity contribution in [3.05, 3.63) is 65.2 Å². The highest BCUT2D eigenvalue weighted by Crippen LogP contribution is 2.21. The SMILES string of the molecule is CC(=O)O.N#Cc1cccc(CC(NC2=NCCN2)c2ccc(O)cc2)c1. The van der Waals surface area contributed by atoms with E-state index in [9.17, 15) is 5.11 Å². The van der Waals surface area contributed by atoms with Crippen LogP contribution >= 0.6 is 0 Å². The molecule has 0 radical (unpaired) electrons. The number of rotatable bonds is 4. The number of phenols is 1. The van der Waals surface area contributed by atoms with Crippen LogP contribution in [-0.2, 0) is 11.2 Å². The smallest absolute Gasteiger partial charge is 0.300 e. The molecule has 0 fully saturated rings. The number of aliphatic imine (C=N–C) groups is 1. The van der Waals surface area contributed by atoms with Crippen molar-refractivity contribution >= 4 is 11.9 Å². The van der Waals surface area contributed by atoms with Gasteiger partial charge in [0.1, 0.15) is 5.75 Å². The van der Waals surface area contributed by atoms with Crippen LogP contribution in [0.3, 0.4) is 0 Å². The Morgan fingerprint density at radius 3 is 2.63 bits per heavy atom. The summed E-state index contributed by atoms with van der Waals surface area (Å²) < 4.78 is 0. The molecule has 4 N–H and O–H groups in total. The average molecular weight is 366 g/mol. The second-order valence-corrected chi connectivity index (χ2v) is 5.98. The molecule has 0 spiro atoms. The van der Waals surface area contributed by atoms with Gasteiger partial charge in [0.2, 0.25) is 0 Å². The Morgan fingerprint density at radius 2 is 2.04 bits per heavy atom. The third-order valence-corrected chi connectivity index (χ3v) is 3.78. The summed E-state index contributed by atoms with van der Waals surface area (Å²) in [5.41, 5.74) is 2.79. The van der Waals surface area contributed by atoms with Gasteiger partial charge >= 0.3 is 0 Å². The quantitative estimate of drug-likeness (QED) is 0.659. The number of aliphatic carboxylic acids is 1. The number of guanidine groups is 1. The molecule has 2 aromatic carbocycles. The van der Waals surface area contributed by atoms with Gasteiger partial charge in [-0.15, -0.1) is 0 Å². The van der Waals surface area contributed by atoms with E-state index in [-0.39, 0.29) is 11.8 Å². The zero-order chi connectivity index (χ0) is 19.6. The fourth-order valence-corrected chi connectivity index (χ4v) is 2.62. The summed E-state index contributed by atoms with van der Waals surface area (Å²) in [4.78, 5) is 13.4. The van der Waals surface area contributed by atoms with Gasteiger partial charge in [-0.25, -0.2) is 0 Å². The zero-order valence-corrected chi connectivity index (χ0v) is 15.0. The van der Waals surface area contributed by atoms with Crippen LogP contribution in [0.4, 0.5) is 0 Å². The highest BCUT2D eigenvalue weighted by molar-refractivity contribution is 5.81. The van der Waals surface area contributed by atoms with Gasteiger partial charge in [0.25, 0.3) is 5.97 Å². The maximum atomic E-state index is 9.49. The second-order valence-electron chi connectivity index (χ2n) is 5.98. The first-order valence-corrected chi connectivity index (χ1v) is 8.50. The van der Waals surface area contributed by atoms with E-state index in [0.717, 1.165) is 43.5 Å². The van der Waals surface area contributed by atoms with Crippen LogP contribution in [0, 0.1) is 11.3 Å².